The fourth-order valence-corrected chi connectivity index (χ4v) is 4.25. The summed E-state index contributed by atoms with van der Waals surface area (Å²) in [7, 11) is 0. The van der Waals surface area contributed by atoms with Crippen LogP contribution in [0.5, 0.6) is 0 Å². The third-order valence-corrected chi connectivity index (χ3v) is 5.96. The largest absolute Gasteiger partial charge is 0.354 e. The van der Waals surface area contributed by atoms with Crippen LogP contribution in [0.2, 0.25) is 5.02 Å². The summed E-state index contributed by atoms with van der Waals surface area (Å²) < 4.78 is 1.83. The number of aromatic nitrogens is 4. The Hall–Kier alpha value is -2.67. The summed E-state index contributed by atoms with van der Waals surface area (Å²) in [4.78, 5) is 26.7. The molecule has 0 bridgehead atoms. The van der Waals surface area contributed by atoms with Crippen molar-refractivity contribution in [3.05, 3.63) is 41.3 Å². The fourth-order valence-electron chi connectivity index (χ4n) is 4.06. The Bertz CT molecular complexity index is 1110. The smallest absolute Gasteiger partial charge is 0.222 e. The van der Waals surface area contributed by atoms with Gasteiger partial charge in [-0.15, -0.1) is 0 Å². The van der Waals surface area contributed by atoms with E-state index in [1.165, 1.54) is 0 Å². The standard InChI is InChI=1S/C24H31ClN6O/c1-16(2)13-21(32)29-9-6-10-30(12-11-29)23-20-15-26-31(19-8-5-7-18(25)14-19)24(20)28-22(27-23)17(3)4/h5,7-8,14-17H,6,9-13H2,1-4H3. The van der Waals surface area contributed by atoms with E-state index in [9.17, 15) is 4.79 Å². The number of carbonyl (C=O) groups is 1. The van der Waals surface area contributed by atoms with Gasteiger partial charge in [0.2, 0.25) is 5.91 Å². The molecule has 0 unspecified atom stereocenters. The molecule has 1 aliphatic rings. The second-order valence-electron chi connectivity index (χ2n) is 9.15. The first-order valence-corrected chi connectivity index (χ1v) is 11.8. The van der Waals surface area contributed by atoms with Crippen molar-refractivity contribution in [1.29, 1.82) is 0 Å². The molecule has 7 nitrogen and oxygen atoms in total. The second kappa shape index (κ2) is 9.45. The Labute approximate surface area is 194 Å². The second-order valence-corrected chi connectivity index (χ2v) is 9.59. The van der Waals surface area contributed by atoms with Gasteiger partial charge >= 0.3 is 0 Å². The van der Waals surface area contributed by atoms with Gasteiger partial charge in [0, 0.05) is 43.5 Å². The van der Waals surface area contributed by atoms with E-state index in [0.29, 0.717) is 23.9 Å². The van der Waals surface area contributed by atoms with Crippen LogP contribution < -0.4 is 4.90 Å². The highest BCUT2D eigenvalue weighted by molar-refractivity contribution is 6.30. The molecule has 1 aliphatic heterocycles. The molecule has 8 heteroatoms. The predicted molar refractivity (Wildman–Crippen MR) is 129 cm³/mol. The van der Waals surface area contributed by atoms with Crippen molar-refractivity contribution in [2.24, 2.45) is 5.92 Å². The van der Waals surface area contributed by atoms with Gasteiger partial charge in [0.05, 0.1) is 17.3 Å². The maximum absolute atomic E-state index is 12.6. The third kappa shape index (κ3) is 4.72. The molecule has 1 aromatic carbocycles. The van der Waals surface area contributed by atoms with Crippen LogP contribution in [0.25, 0.3) is 16.7 Å². The maximum atomic E-state index is 12.6. The lowest BCUT2D eigenvalue weighted by Crippen LogP contribution is -2.36. The SMILES string of the molecule is CC(C)CC(=O)N1CCCN(c2nc(C(C)C)nc3c2cnn3-c2cccc(Cl)c2)CC1. The first-order valence-electron chi connectivity index (χ1n) is 11.4. The number of nitrogens with zero attached hydrogens (tertiary/aromatic N) is 6. The zero-order valence-electron chi connectivity index (χ0n) is 19.3. The molecule has 1 fully saturated rings. The minimum absolute atomic E-state index is 0.178. The van der Waals surface area contributed by atoms with Gasteiger partial charge in [-0.2, -0.15) is 5.10 Å². The Kier molecular flexibility index (Phi) is 6.65. The molecule has 4 rings (SSSR count). The zero-order valence-corrected chi connectivity index (χ0v) is 20.0. The monoisotopic (exact) mass is 454 g/mol. The van der Waals surface area contributed by atoms with Crippen molar-refractivity contribution in [3.8, 4) is 5.69 Å². The molecule has 170 valence electrons. The van der Waals surface area contributed by atoms with E-state index in [1.54, 1.807) is 0 Å². The van der Waals surface area contributed by atoms with E-state index < -0.39 is 0 Å². The molecule has 3 heterocycles. The molecule has 0 spiro atoms. The van der Waals surface area contributed by atoms with Gasteiger partial charge in [-0.05, 0) is 30.5 Å². The number of hydrogen-bond acceptors (Lipinski definition) is 5. The van der Waals surface area contributed by atoms with E-state index in [2.05, 4.69) is 37.7 Å². The van der Waals surface area contributed by atoms with Crippen molar-refractivity contribution < 1.29 is 4.79 Å². The minimum atomic E-state index is 0.178. The summed E-state index contributed by atoms with van der Waals surface area (Å²) >= 11 is 6.22. The average molecular weight is 455 g/mol. The maximum Gasteiger partial charge on any atom is 0.222 e. The Morgan fingerprint density at radius 2 is 1.91 bits per heavy atom. The Morgan fingerprint density at radius 3 is 2.62 bits per heavy atom. The first kappa shape index (κ1) is 22.5. The number of hydrogen-bond donors (Lipinski definition) is 0. The Morgan fingerprint density at radius 1 is 1.09 bits per heavy atom. The summed E-state index contributed by atoms with van der Waals surface area (Å²) in [6.45, 7) is 11.5. The van der Waals surface area contributed by atoms with E-state index in [-0.39, 0.29) is 11.8 Å². The van der Waals surface area contributed by atoms with Crippen LogP contribution in [0.15, 0.2) is 30.5 Å². The van der Waals surface area contributed by atoms with Gasteiger partial charge in [0.1, 0.15) is 11.6 Å². The van der Waals surface area contributed by atoms with Crippen LogP contribution in [0, 0.1) is 5.92 Å². The molecule has 0 N–H and O–H groups in total. The molecule has 32 heavy (non-hydrogen) atoms. The van der Waals surface area contributed by atoms with E-state index in [4.69, 9.17) is 21.6 Å². The number of anilines is 1. The van der Waals surface area contributed by atoms with Crippen molar-refractivity contribution in [2.75, 3.05) is 31.1 Å². The van der Waals surface area contributed by atoms with Gasteiger partial charge < -0.3 is 9.80 Å². The molecular formula is C24H31ClN6O. The summed E-state index contributed by atoms with van der Waals surface area (Å²) in [5.74, 6) is 2.47. The fraction of sp³-hybridized carbons (Fsp3) is 0.500. The molecule has 2 aromatic heterocycles. The lowest BCUT2D eigenvalue weighted by molar-refractivity contribution is -0.131. The van der Waals surface area contributed by atoms with Crippen molar-refractivity contribution in [2.45, 2.75) is 46.5 Å². The molecule has 1 saturated heterocycles. The lowest BCUT2D eigenvalue weighted by Gasteiger charge is -2.24. The lowest BCUT2D eigenvalue weighted by atomic mass is 10.1. The summed E-state index contributed by atoms with van der Waals surface area (Å²) in [5.41, 5.74) is 1.64. The molecule has 0 saturated carbocycles. The Balaban J connectivity index is 1.70. The average Bonchev–Trinajstić information content (AvgIpc) is 3.01. The highest BCUT2D eigenvalue weighted by atomic mass is 35.5. The van der Waals surface area contributed by atoms with Crippen LogP contribution in [0.4, 0.5) is 5.82 Å². The van der Waals surface area contributed by atoms with Crippen LogP contribution in [0.3, 0.4) is 0 Å². The van der Waals surface area contributed by atoms with Crippen LogP contribution in [-0.4, -0.2) is 56.7 Å². The molecule has 0 radical (unpaired) electrons. The number of benzene rings is 1. The van der Waals surface area contributed by atoms with E-state index in [0.717, 1.165) is 54.4 Å². The van der Waals surface area contributed by atoms with Crippen LogP contribution in [0.1, 0.15) is 52.3 Å². The van der Waals surface area contributed by atoms with Gasteiger partial charge in [-0.3, -0.25) is 4.79 Å². The third-order valence-electron chi connectivity index (χ3n) is 5.73. The van der Waals surface area contributed by atoms with Crippen molar-refractivity contribution >= 4 is 34.4 Å². The molecule has 1 amide bonds. The van der Waals surface area contributed by atoms with Gasteiger partial charge in [0.15, 0.2) is 5.65 Å². The van der Waals surface area contributed by atoms with Gasteiger partial charge in [-0.25, -0.2) is 14.6 Å². The zero-order chi connectivity index (χ0) is 22.8. The van der Waals surface area contributed by atoms with Gasteiger partial charge in [-0.1, -0.05) is 45.4 Å². The van der Waals surface area contributed by atoms with E-state index >= 15 is 0 Å². The predicted octanol–water partition coefficient (Wildman–Crippen LogP) is 4.68. The van der Waals surface area contributed by atoms with Gasteiger partial charge in [0.25, 0.3) is 0 Å². The molecule has 0 aliphatic carbocycles. The number of halogens is 1. The first-order chi connectivity index (χ1) is 15.3. The number of carbonyl (C=O) groups excluding carboxylic acids is 1. The topological polar surface area (TPSA) is 67.2 Å². The van der Waals surface area contributed by atoms with E-state index in [1.807, 2.05) is 40.0 Å². The van der Waals surface area contributed by atoms with Crippen LogP contribution >= 0.6 is 11.6 Å². The van der Waals surface area contributed by atoms with Crippen molar-refractivity contribution in [3.63, 3.8) is 0 Å². The quantitative estimate of drug-likeness (QED) is 0.560. The molecule has 3 aromatic rings. The minimum Gasteiger partial charge on any atom is -0.354 e. The molecular weight excluding hydrogens is 424 g/mol. The van der Waals surface area contributed by atoms with Crippen LogP contribution in [-0.2, 0) is 4.79 Å². The summed E-state index contributed by atoms with van der Waals surface area (Å²) in [5, 5.41) is 6.20. The molecule has 0 atom stereocenters. The number of rotatable bonds is 5. The highest BCUT2D eigenvalue weighted by Crippen LogP contribution is 2.29. The van der Waals surface area contributed by atoms with Crippen molar-refractivity contribution in [1.82, 2.24) is 24.6 Å². The normalized spacial score (nSPS) is 15.1. The summed E-state index contributed by atoms with van der Waals surface area (Å²) in [6.07, 6.45) is 3.35. The number of fused-ring (bicyclic) bond motifs is 1. The number of amides is 1. The summed E-state index contributed by atoms with van der Waals surface area (Å²) in [6, 6.07) is 7.61. The highest BCUT2D eigenvalue weighted by Gasteiger charge is 2.24.